The number of benzene rings is 2. The zero-order chi connectivity index (χ0) is 22.3. The molecule has 0 saturated carbocycles. The van der Waals surface area contributed by atoms with Crippen LogP contribution in [0.5, 0.6) is 5.75 Å². The van der Waals surface area contributed by atoms with Gasteiger partial charge in [-0.1, -0.05) is 17.7 Å². The molecule has 1 aliphatic heterocycles. The second-order valence-electron chi connectivity index (χ2n) is 6.49. The molecular formula is C20H13ClF2N2O5S. The van der Waals surface area contributed by atoms with E-state index in [4.69, 9.17) is 21.1 Å². The number of anilines is 1. The number of sulfonamides is 1. The maximum atomic E-state index is 14.6. The van der Waals surface area contributed by atoms with Crippen molar-refractivity contribution in [3.63, 3.8) is 0 Å². The first-order valence-electron chi connectivity index (χ1n) is 8.72. The van der Waals surface area contributed by atoms with Gasteiger partial charge in [0.25, 0.3) is 10.0 Å². The summed E-state index contributed by atoms with van der Waals surface area (Å²) in [5.74, 6) is -3.25. The molecular weight excluding hydrogens is 454 g/mol. The molecule has 4 bridgehead atoms. The molecule has 0 saturated heterocycles. The van der Waals surface area contributed by atoms with Crippen LogP contribution >= 0.6 is 11.6 Å². The molecule has 31 heavy (non-hydrogen) atoms. The first-order chi connectivity index (χ1) is 14.7. The molecule has 0 spiro atoms. The number of fused-ring (bicyclic) bond motifs is 6. The Morgan fingerprint density at radius 2 is 1.97 bits per heavy atom. The molecule has 1 N–H and O–H groups in total. The van der Waals surface area contributed by atoms with Gasteiger partial charge in [0.05, 0.1) is 29.1 Å². The highest BCUT2D eigenvalue weighted by Crippen LogP contribution is 2.37. The molecule has 1 aromatic heterocycles. The van der Waals surface area contributed by atoms with Crippen molar-refractivity contribution in [3.8, 4) is 17.0 Å². The number of carbonyl (C=O) groups is 1. The summed E-state index contributed by atoms with van der Waals surface area (Å²) in [7, 11) is -3.32. The van der Waals surface area contributed by atoms with Crippen LogP contribution in [0.1, 0.15) is 15.9 Å². The fourth-order valence-electron chi connectivity index (χ4n) is 3.12. The van der Waals surface area contributed by atoms with Gasteiger partial charge in [0.15, 0.2) is 5.75 Å². The van der Waals surface area contributed by atoms with Gasteiger partial charge in [-0.25, -0.2) is 22.0 Å². The number of esters is 1. The third kappa shape index (κ3) is 3.79. The zero-order valence-corrected chi connectivity index (χ0v) is 17.4. The SMILES string of the molecule is COc1c(Cl)cc2cc1S(=O)(=O)Nc1cc(c(F)cc1F)-c1ncccc1COC2=O. The molecule has 160 valence electrons. The highest BCUT2D eigenvalue weighted by atomic mass is 35.5. The number of carbonyl (C=O) groups excluding carboxylic acids is 1. The van der Waals surface area contributed by atoms with Crippen molar-refractivity contribution in [3.05, 3.63) is 70.4 Å². The van der Waals surface area contributed by atoms with Gasteiger partial charge >= 0.3 is 5.97 Å². The number of hydrogen-bond acceptors (Lipinski definition) is 6. The lowest BCUT2D eigenvalue weighted by atomic mass is 10.0. The first kappa shape index (κ1) is 21.0. The number of rotatable bonds is 1. The Hall–Kier alpha value is -3.24. The molecule has 0 fully saturated rings. The fraction of sp³-hybridized carbons (Fsp3) is 0.100. The van der Waals surface area contributed by atoms with E-state index in [9.17, 15) is 22.0 Å². The lowest BCUT2D eigenvalue weighted by molar-refractivity contribution is 0.0472. The fourth-order valence-corrected chi connectivity index (χ4v) is 4.74. The monoisotopic (exact) mass is 466 g/mol. The molecule has 3 aromatic rings. The van der Waals surface area contributed by atoms with Gasteiger partial charge in [-0.15, -0.1) is 0 Å². The molecule has 0 radical (unpaired) electrons. The summed E-state index contributed by atoms with van der Waals surface area (Å²) in [5, 5.41) is -0.172. The van der Waals surface area contributed by atoms with Crippen LogP contribution in [0.3, 0.4) is 0 Å². The van der Waals surface area contributed by atoms with Crippen molar-refractivity contribution in [1.29, 1.82) is 0 Å². The van der Waals surface area contributed by atoms with Crippen LogP contribution in [-0.2, 0) is 21.4 Å². The van der Waals surface area contributed by atoms with E-state index in [-0.39, 0.29) is 34.2 Å². The number of hydrogen-bond donors (Lipinski definition) is 1. The van der Waals surface area contributed by atoms with E-state index in [1.54, 1.807) is 12.1 Å². The standard InChI is InChI=1S/C20H13ClF2N2O5S/c1-29-19-13(21)5-11-6-17(19)31(27,28)25-16-7-12(14(22)8-15(16)23)18-10(3-2-4-24-18)9-30-20(11)26/h2-8,25H,9H2,1H3. The van der Waals surface area contributed by atoms with Crippen molar-refractivity contribution in [2.45, 2.75) is 11.5 Å². The quantitative estimate of drug-likeness (QED) is 0.541. The number of pyridine rings is 1. The summed E-state index contributed by atoms with van der Waals surface area (Å²) in [5.41, 5.74) is -0.483. The predicted molar refractivity (Wildman–Crippen MR) is 108 cm³/mol. The summed E-state index contributed by atoms with van der Waals surface area (Å²) in [6, 6.07) is 6.81. The van der Waals surface area contributed by atoms with E-state index >= 15 is 0 Å². The average molecular weight is 467 g/mol. The van der Waals surface area contributed by atoms with Crippen LogP contribution in [0.2, 0.25) is 5.02 Å². The minimum Gasteiger partial charge on any atom is -0.494 e. The van der Waals surface area contributed by atoms with Crippen LogP contribution in [0, 0.1) is 11.6 Å². The van der Waals surface area contributed by atoms with E-state index in [0.717, 1.165) is 12.1 Å². The Morgan fingerprint density at radius 3 is 2.71 bits per heavy atom. The van der Waals surface area contributed by atoms with Crippen LogP contribution in [0.15, 0.2) is 47.5 Å². The van der Waals surface area contributed by atoms with Gasteiger partial charge in [-0.3, -0.25) is 9.71 Å². The predicted octanol–water partition coefficient (Wildman–Crippen LogP) is 4.16. The largest absolute Gasteiger partial charge is 0.494 e. The molecule has 2 heterocycles. The van der Waals surface area contributed by atoms with E-state index in [2.05, 4.69) is 9.71 Å². The van der Waals surface area contributed by atoms with Gasteiger partial charge in [0.1, 0.15) is 23.1 Å². The molecule has 0 atom stereocenters. The Kier molecular flexibility index (Phi) is 5.28. The van der Waals surface area contributed by atoms with E-state index in [1.807, 2.05) is 0 Å². The highest BCUT2D eigenvalue weighted by molar-refractivity contribution is 7.92. The number of halogens is 3. The van der Waals surface area contributed by atoms with E-state index < -0.39 is 38.2 Å². The van der Waals surface area contributed by atoms with E-state index in [1.165, 1.54) is 19.4 Å². The number of cyclic esters (lactones) is 1. The lowest BCUT2D eigenvalue weighted by Crippen LogP contribution is -2.16. The zero-order valence-electron chi connectivity index (χ0n) is 15.8. The Labute approximate surface area is 180 Å². The van der Waals surface area contributed by atoms with Crippen molar-refractivity contribution in [1.82, 2.24) is 4.98 Å². The lowest BCUT2D eigenvalue weighted by Gasteiger charge is -2.15. The maximum Gasteiger partial charge on any atom is 0.338 e. The summed E-state index contributed by atoms with van der Waals surface area (Å²) in [4.78, 5) is 16.1. The minimum absolute atomic E-state index is 0.0646. The number of nitrogens with zero attached hydrogens (tertiary/aromatic N) is 1. The summed E-state index contributed by atoms with van der Waals surface area (Å²) >= 11 is 6.11. The van der Waals surface area contributed by atoms with Gasteiger partial charge < -0.3 is 9.47 Å². The molecule has 1 aliphatic rings. The van der Waals surface area contributed by atoms with E-state index in [0.29, 0.717) is 11.6 Å². The second-order valence-corrected chi connectivity index (χ2v) is 8.55. The van der Waals surface area contributed by atoms with Crippen LogP contribution in [0.4, 0.5) is 14.5 Å². The second kappa shape index (κ2) is 7.78. The van der Waals surface area contributed by atoms with Gasteiger partial charge in [0, 0.05) is 23.4 Å². The molecule has 0 amide bonds. The third-order valence-electron chi connectivity index (χ3n) is 4.55. The molecule has 4 rings (SSSR count). The van der Waals surface area contributed by atoms with Crippen LogP contribution in [-0.4, -0.2) is 26.5 Å². The minimum atomic E-state index is -4.51. The molecule has 2 aromatic carbocycles. The highest BCUT2D eigenvalue weighted by Gasteiger charge is 2.28. The molecule has 11 heteroatoms. The number of methoxy groups -OCH3 is 1. The third-order valence-corrected chi connectivity index (χ3v) is 6.20. The summed E-state index contributed by atoms with van der Waals surface area (Å²) in [6.07, 6.45) is 1.37. The van der Waals surface area contributed by atoms with Crippen LogP contribution in [0.25, 0.3) is 11.3 Å². The Balaban J connectivity index is 2.02. The molecule has 0 unspecified atom stereocenters. The van der Waals surface area contributed by atoms with Gasteiger partial charge in [-0.05, 0) is 24.3 Å². The summed E-state index contributed by atoms with van der Waals surface area (Å²) < 4.78 is 67.5. The van der Waals surface area contributed by atoms with Crippen molar-refractivity contribution < 1.29 is 31.5 Å². The van der Waals surface area contributed by atoms with Crippen molar-refractivity contribution >= 4 is 33.3 Å². The molecule has 7 nitrogen and oxygen atoms in total. The smallest absolute Gasteiger partial charge is 0.338 e. The van der Waals surface area contributed by atoms with Crippen molar-refractivity contribution in [2.24, 2.45) is 0 Å². The number of aromatic nitrogens is 1. The van der Waals surface area contributed by atoms with Gasteiger partial charge in [0.2, 0.25) is 0 Å². The van der Waals surface area contributed by atoms with Crippen LogP contribution < -0.4 is 9.46 Å². The molecule has 0 aliphatic carbocycles. The first-order valence-corrected chi connectivity index (χ1v) is 10.6. The Bertz CT molecular complexity index is 1330. The maximum absolute atomic E-state index is 14.6. The number of nitrogens with one attached hydrogen (secondary N) is 1. The topological polar surface area (TPSA) is 94.6 Å². The average Bonchev–Trinajstić information content (AvgIpc) is 2.73. The number of ether oxygens (including phenoxy) is 2. The van der Waals surface area contributed by atoms with Gasteiger partial charge in [-0.2, -0.15) is 0 Å². The van der Waals surface area contributed by atoms with Crippen molar-refractivity contribution in [2.75, 3.05) is 11.8 Å². The Morgan fingerprint density at radius 1 is 1.19 bits per heavy atom. The summed E-state index contributed by atoms with van der Waals surface area (Å²) in [6.45, 7) is -0.298. The normalized spacial score (nSPS) is 14.8.